The van der Waals surface area contributed by atoms with E-state index in [0.717, 1.165) is 29.5 Å². The van der Waals surface area contributed by atoms with E-state index in [4.69, 9.17) is 4.74 Å². The highest BCUT2D eigenvalue weighted by molar-refractivity contribution is 7.14. The average Bonchev–Trinajstić information content (AvgIpc) is 3.21. The first-order chi connectivity index (χ1) is 15.0. The summed E-state index contributed by atoms with van der Waals surface area (Å²) in [6.45, 7) is 2.60. The van der Waals surface area contributed by atoms with Crippen LogP contribution in [0.2, 0.25) is 0 Å². The van der Waals surface area contributed by atoms with Crippen molar-refractivity contribution >= 4 is 28.3 Å². The van der Waals surface area contributed by atoms with E-state index in [9.17, 15) is 18.4 Å². The van der Waals surface area contributed by atoms with Gasteiger partial charge in [-0.3, -0.25) is 9.59 Å². The minimum absolute atomic E-state index is 0.0341. The summed E-state index contributed by atoms with van der Waals surface area (Å²) >= 11 is 1.12. The quantitative estimate of drug-likeness (QED) is 0.471. The Morgan fingerprint density at radius 2 is 1.97 bits per heavy atom. The van der Waals surface area contributed by atoms with E-state index >= 15 is 0 Å². The van der Waals surface area contributed by atoms with Gasteiger partial charge in [-0.15, -0.1) is 11.3 Å². The second kappa shape index (κ2) is 10.6. The Hall–Kier alpha value is -3.33. The van der Waals surface area contributed by atoms with E-state index < -0.39 is 11.6 Å². The number of aromatic nitrogens is 1. The molecule has 6 nitrogen and oxygen atoms in total. The molecule has 0 aliphatic rings. The van der Waals surface area contributed by atoms with Crippen molar-refractivity contribution in [1.29, 1.82) is 0 Å². The maximum absolute atomic E-state index is 13.9. The molecule has 1 heterocycles. The molecule has 0 saturated heterocycles. The number of amides is 2. The number of nitrogens with one attached hydrogen (secondary N) is 2. The molecule has 3 aromatic rings. The summed E-state index contributed by atoms with van der Waals surface area (Å²) in [4.78, 5) is 28.6. The van der Waals surface area contributed by atoms with Gasteiger partial charge < -0.3 is 15.4 Å². The van der Waals surface area contributed by atoms with Crippen LogP contribution in [0.15, 0.2) is 47.8 Å². The van der Waals surface area contributed by atoms with Crippen molar-refractivity contribution in [3.05, 3.63) is 65.0 Å². The molecule has 0 atom stereocenters. The zero-order chi connectivity index (χ0) is 22.2. The van der Waals surface area contributed by atoms with Crippen LogP contribution in [0.1, 0.15) is 30.1 Å². The zero-order valence-corrected chi connectivity index (χ0v) is 17.6. The molecule has 31 heavy (non-hydrogen) atoms. The molecule has 162 valence electrons. The van der Waals surface area contributed by atoms with Gasteiger partial charge in [-0.2, -0.15) is 0 Å². The molecular formula is C22H21F2N3O3S. The number of para-hydroxylation sites is 1. The van der Waals surface area contributed by atoms with Crippen LogP contribution in [0.3, 0.4) is 0 Å². The zero-order valence-electron chi connectivity index (χ0n) is 16.8. The third-order valence-electron chi connectivity index (χ3n) is 4.25. The van der Waals surface area contributed by atoms with Gasteiger partial charge >= 0.3 is 0 Å². The number of thiazole rings is 1. The maximum Gasteiger partial charge on any atom is 0.255 e. The van der Waals surface area contributed by atoms with Gasteiger partial charge in [-0.05, 0) is 43.7 Å². The number of carbonyl (C=O) groups excluding carboxylic acids is 2. The van der Waals surface area contributed by atoms with Crippen molar-refractivity contribution in [1.82, 2.24) is 10.3 Å². The summed E-state index contributed by atoms with van der Waals surface area (Å²) in [6, 6.07) is 10.1. The molecule has 2 aromatic carbocycles. The van der Waals surface area contributed by atoms with E-state index in [-0.39, 0.29) is 29.5 Å². The lowest BCUT2D eigenvalue weighted by Gasteiger charge is -2.10. The van der Waals surface area contributed by atoms with Crippen molar-refractivity contribution in [3.8, 4) is 17.0 Å². The highest BCUT2D eigenvalue weighted by Gasteiger charge is 2.13. The monoisotopic (exact) mass is 445 g/mol. The Bertz CT molecular complexity index is 1070. The topological polar surface area (TPSA) is 80.3 Å². The number of carbonyl (C=O) groups is 2. The molecule has 0 fully saturated rings. The fourth-order valence-electron chi connectivity index (χ4n) is 2.81. The lowest BCUT2D eigenvalue weighted by atomic mass is 10.1. The standard InChI is InChI=1S/C22H21F2N3O3S/c1-2-30-19-7-4-3-6-15(19)21(29)25-11-5-8-20(28)27-22-26-18(13-31-22)16-12-14(23)9-10-17(16)24/h3-4,6-7,9-10,12-13H,2,5,8,11H2,1H3,(H,25,29)(H,26,27,28). The third kappa shape index (κ3) is 6.08. The van der Waals surface area contributed by atoms with Gasteiger partial charge in [0.2, 0.25) is 5.91 Å². The number of halogens is 2. The first kappa shape index (κ1) is 22.4. The van der Waals surface area contributed by atoms with Crippen molar-refractivity contribution in [2.75, 3.05) is 18.5 Å². The normalized spacial score (nSPS) is 10.5. The second-order valence-electron chi connectivity index (χ2n) is 6.50. The largest absolute Gasteiger partial charge is 0.493 e. The molecule has 9 heteroatoms. The Kier molecular flexibility index (Phi) is 7.66. The van der Waals surface area contributed by atoms with Crippen LogP contribution in [0.4, 0.5) is 13.9 Å². The van der Waals surface area contributed by atoms with Crippen molar-refractivity contribution < 1.29 is 23.1 Å². The van der Waals surface area contributed by atoms with E-state index in [2.05, 4.69) is 15.6 Å². The first-order valence-corrected chi connectivity index (χ1v) is 10.6. The summed E-state index contributed by atoms with van der Waals surface area (Å²) in [6.07, 6.45) is 0.585. The molecule has 0 saturated carbocycles. The lowest BCUT2D eigenvalue weighted by Crippen LogP contribution is -2.26. The smallest absolute Gasteiger partial charge is 0.255 e. The Morgan fingerprint density at radius 3 is 2.77 bits per heavy atom. The first-order valence-electron chi connectivity index (χ1n) is 9.68. The molecule has 0 aliphatic heterocycles. The average molecular weight is 445 g/mol. The van der Waals surface area contributed by atoms with Crippen molar-refractivity contribution in [2.45, 2.75) is 19.8 Å². The fraction of sp³-hybridized carbons (Fsp3) is 0.227. The molecule has 2 amide bonds. The van der Waals surface area contributed by atoms with E-state index in [1.165, 1.54) is 0 Å². The molecule has 0 unspecified atom stereocenters. The van der Waals surface area contributed by atoms with Gasteiger partial charge in [0, 0.05) is 23.9 Å². The number of rotatable bonds is 9. The second-order valence-corrected chi connectivity index (χ2v) is 7.36. The fourth-order valence-corrected chi connectivity index (χ4v) is 3.54. The number of hydrogen-bond acceptors (Lipinski definition) is 5. The molecule has 0 spiro atoms. The van der Waals surface area contributed by atoms with Crippen LogP contribution >= 0.6 is 11.3 Å². The van der Waals surface area contributed by atoms with Gasteiger partial charge in [0.25, 0.3) is 5.91 Å². The van der Waals surface area contributed by atoms with Crippen LogP contribution in [0, 0.1) is 11.6 Å². The highest BCUT2D eigenvalue weighted by atomic mass is 32.1. The molecule has 0 bridgehead atoms. The number of hydrogen-bond donors (Lipinski definition) is 2. The van der Waals surface area contributed by atoms with Crippen LogP contribution in [-0.4, -0.2) is 29.9 Å². The van der Waals surface area contributed by atoms with Crippen LogP contribution in [0.25, 0.3) is 11.3 Å². The molecule has 0 radical (unpaired) electrons. The van der Waals surface area contributed by atoms with Crippen LogP contribution in [-0.2, 0) is 4.79 Å². The van der Waals surface area contributed by atoms with Gasteiger partial charge in [0.1, 0.15) is 17.4 Å². The lowest BCUT2D eigenvalue weighted by molar-refractivity contribution is -0.116. The molecule has 3 rings (SSSR count). The summed E-state index contributed by atoms with van der Waals surface area (Å²) in [5.74, 6) is -1.21. The molecule has 2 N–H and O–H groups in total. The predicted octanol–water partition coefficient (Wildman–Crippen LogP) is 4.64. The van der Waals surface area contributed by atoms with Gasteiger partial charge in [0.15, 0.2) is 5.13 Å². The van der Waals surface area contributed by atoms with Gasteiger partial charge in [-0.25, -0.2) is 13.8 Å². The van der Waals surface area contributed by atoms with E-state index in [1.54, 1.807) is 29.6 Å². The molecule has 0 aliphatic carbocycles. The summed E-state index contributed by atoms with van der Waals surface area (Å²) < 4.78 is 32.6. The Balaban J connectivity index is 1.47. The van der Waals surface area contributed by atoms with Crippen molar-refractivity contribution in [3.63, 3.8) is 0 Å². The third-order valence-corrected chi connectivity index (χ3v) is 5.01. The maximum atomic E-state index is 13.9. The summed E-state index contributed by atoms with van der Waals surface area (Å²) in [7, 11) is 0. The number of nitrogens with zero attached hydrogens (tertiary/aromatic N) is 1. The SMILES string of the molecule is CCOc1ccccc1C(=O)NCCCC(=O)Nc1nc(-c2cc(F)ccc2F)cs1. The highest BCUT2D eigenvalue weighted by Crippen LogP contribution is 2.27. The summed E-state index contributed by atoms with van der Waals surface area (Å²) in [5.41, 5.74) is 0.720. The molecule has 1 aromatic heterocycles. The van der Waals surface area contributed by atoms with Crippen LogP contribution < -0.4 is 15.4 Å². The number of ether oxygens (including phenoxy) is 1. The predicted molar refractivity (Wildman–Crippen MR) is 115 cm³/mol. The van der Waals surface area contributed by atoms with Crippen molar-refractivity contribution in [2.24, 2.45) is 0 Å². The van der Waals surface area contributed by atoms with E-state index in [0.29, 0.717) is 36.0 Å². The number of benzene rings is 2. The van der Waals surface area contributed by atoms with Crippen LogP contribution in [0.5, 0.6) is 5.75 Å². The number of anilines is 1. The summed E-state index contributed by atoms with van der Waals surface area (Å²) in [5, 5.41) is 7.23. The molecular weight excluding hydrogens is 424 g/mol. The Morgan fingerprint density at radius 1 is 1.16 bits per heavy atom. The van der Waals surface area contributed by atoms with Gasteiger partial charge in [0.05, 0.1) is 17.9 Å². The Labute approximate surface area is 182 Å². The van der Waals surface area contributed by atoms with E-state index in [1.807, 2.05) is 6.92 Å². The minimum atomic E-state index is -0.591. The minimum Gasteiger partial charge on any atom is -0.493 e. The van der Waals surface area contributed by atoms with Gasteiger partial charge in [-0.1, -0.05) is 12.1 Å².